The highest BCUT2D eigenvalue weighted by molar-refractivity contribution is 6.05. The van der Waals surface area contributed by atoms with Gasteiger partial charge in [-0.1, -0.05) is 0 Å². The molecule has 2 aliphatic rings. The molecular formula is C26H32FN7O4. The van der Waals surface area contributed by atoms with Crippen molar-refractivity contribution in [3.8, 4) is 5.88 Å². The van der Waals surface area contributed by atoms with Crippen LogP contribution in [0.15, 0.2) is 24.7 Å². The third-order valence-corrected chi connectivity index (χ3v) is 6.53. The standard InChI is InChI=1S/C26H32FN7O4/c1-6-37-22-18(21(35)30-17-11-19(27)20-29-16(2)13-33(20)14-17)12-28-23(31-22)32-9-10-34(26(15-32)7-8-26)24(36)38-25(3,4)5/h11-14H,6-10,15H2,1-5H3,(H,30,35). The molecule has 12 heteroatoms. The molecule has 3 aromatic heterocycles. The van der Waals surface area contributed by atoms with Crippen LogP contribution in [0.2, 0.25) is 0 Å². The summed E-state index contributed by atoms with van der Waals surface area (Å²) >= 11 is 0. The zero-order chi connectivity index (χ0) is 27.2. The van der Waals surface area contributed by atoms with Gasteiger partial charge in [0.15, 0.2) is 11.5 Å². The highest BCUT2D eigenvalue weighted by Gasteiger charge is 2.54. The van der Waals surface area contributed by atoms with E-state index in [0.717, 1.165) is 12.8 Å². The van der Waals surface area contributed by atoms with Gasteiger partial charge in [-0.15, -0.1) is 0 Å². The Balaban J connectivity index is 1.34. The number of imidazole rings is 1. The number of pyridine rings is 1. The Morgan fingerprint density at radius 1 is 1.18 bits per heavy atom. The van der Waals surface area contributed by atoms with E-state index in [-0.39, 0.29) is 34.4 Å². The maximum absolute atomic E-state index is 14.5. The van der Waals surface area contributed by atoms with Gasteiger partial charge in [-0.25, -0.2) is 19.2 Å². The van der Waals surface area contributed by atoms with Crippen LogP contribution in [0.5, 0.6) is 5.88 Å². The van der Waals surface area contributed by atoms with Gasteiger partial charge in [-0.2, -0.15) is 4.98 Å². The minimum absolute atomic E-state index is 0.131. The Labute approximate surface area is 220 Å². The van der Waals surface area contributed by atoms with Gasteiger partial charge >= 0.3 is 6.09 Å². The first-order valence-corrected chi connectivity index (χ1v) is 12.7. The molecule has 0 aromatic carbocycles. The molecule has 0 bridgehead atoms. The van der Waals surface area contributed by atoms with Gasteiger partial charge in [-0.05, 0) is 47.5 Å². The molecule has 38 heavy (non-hydrogen) atoms. The third-order valence-electron chi connectivity index (χ3n) is 6.53. The fraction of sp³-hybridized carbons (Fsp3) is 0.500. The number of fused-ring (bicyclic) bond motifs is 1. The molecule has 4 heterocycles. The van der Waals surface area contributed by atoms with Crippen LogP contribution in [0, 0.1) is 12.7 Å². The van der Waals surface area contributed by atoms with Gasteiger partial charge in [0.1, 0.15) is 11.2 Å². The molecule has 1 aliphatic heterocycles. The highest BCUT2D eigenvalue weighted by atomic mass is 19.1. The van der Waals surface area contributed by atoms with E-state index in [2.05, 4.69) is 20.3 Å². The number of nitrogens with one attached hydrogen (secondary N) is 1. The van der Waals surface area contributed by atoms with Gasteiger partial charge in [0, 0.05) is 44.3 Å². The maximum atomic E-state index is 14.5. The lowest BCUT2D eigenvalue weighted by Crippen LogP contribution is -2.58. The summed E-state index contributed by atoms with van der Waals surface area (Å²) in [5, 5.41) is 2.70. The fourth-order valence-electron chi connectivity index (χ4n) is 4.68. The van der Waals surface area contributed by atoms with Crippen LogP contribution >= 0.6 is 0 Å². The quantitative estimate of drug-likeness (QED) is 0.535. The molecule has 2 amide bonds. The summed E-state index contributed by atoms with van der Waals surface area (Å²) in [5.74, 6) is -0.521. The van der Waals surface area contributed by atoms with Crippen LogP contribution in [-0.2, 0) is 4.74 Å². The molecule has 0 atom stereocenters. The summed E-state index contributed by atoms with van der Waals surface area (Å²) in [7, 11) is 0. The summed E-state index contributed by atoms with van der Waals surface area (Å²) < 4.78 is 27.3. The number of amides is 2. The zero-order valence-corrected chi connectivity index (χ0v) is 22.2. The van der Waals surface area contributed by atoms with Gasteiger partial charge in [0.25, 0.3) is 5.91 Å². The Bertz CT molecular complexity index is 1400. The van der Waals surface area contributed by atoms with Gasteiger partial charge in [0.05, 0.1) is 23.5 Å². The van der Waals surface area contributed by atoms with Crippen LogP contribution in [-0.4, -0.2) is 73.6 Å². The molecular weight excluding hydrogens is 493 g/mol. The normalized spacial score (nSPS) is 16.6. The summed E-state index contributed by atoms with van der Waals surface area (Å²) in [6, 6.07) is 1.22. The number of aryl methyl sites for hydroxylation is 1. The number of ether oxygens (including phenoxy) is 2. The second kappa shape index (κ2) is 9.41. The lowest BCUT2D eigenvalue weighted by atomic mass is 10.1. The van der Waals surface area contributed by atoms with E-state index in [1.807, 2.05) is 30.6 Å². The van der Waals surface area contributed by atoms with Crippen molar-refractivity contribution < 1.29 is 23.5 Å². The number of hydrogen-bond donors (Lipinski definition) is 1. The molecule has 0 unspecified atom stereocenters. The van der Waals surface area contributed by atoms with Crippen molar-refractivity contribution in [3.05, 3.63) is 41.7 Å². The SMILES string of the molecule is CCOc1nc(N2CCN(C(=O)OC(C)(C)C)C3(CC3)C2)ncc1C(=O)Nc1cc(F)c2nc(C)cn2c1. The number of carbonyl (C=O) groups is 2. The molecule has 5 rings (SSSR count). The average Bonchev–Trinajstić information content (AvgIpc) is 3.47. The second-order valence-corrected chi connectivity index (χ2v) is 10.7. The fourth-order valence-corrected chi connectivity index (χ4v) is 4.68. The van der Waals surface area contributed by atoms with Crippen molar-refractivity contribution >= 4 is 29.3 Å². The molecule has 1 aliphatic carbocycles. The molecule has 1 saturated carbocycles. The van der Waals surface area contributed by atoms with E-state index in [9.17, 15) is 14.0 Å². The van der Waals surface area contributed by atoms with Gasteiger partial charge in [-0.3, -0.25) is 9.69 Å². The highest BCUT2D eigenvalue weighted by Crippen LogP contribution is 2.45. The zero-order valence-electron chi connectivity index (χ0n) is 22.2. The Hall–Kier alpha value is -3.96. The molecule has 11 nitrogen and oxygen atoms in total. The van der Waals surface area contributed by atoms with Crippen LogP contribution in [0.25, 0.3) is 5.65 Å². The monoisotopic (exact) mass is 525 g/mol. The van der Waals surface area contributed by atoms with Crippen molar-refractivity contribution in [1.29, 1.82) is 0 Å². The topological polar surface area (TPSA) is 114 Å². The molecule has 1 N–H and O–H groups in total. The smallest absolute Gasteiger partial charge is 0.410 e. The number of halogens is 1. The minimum atomic E-state index is -0.564. The Morgan fingerprint density at radius 3 is 2.63 bits per heavy atom. The molecule has 1 saturated heterocycles. The van der Waals surface area contributed by atoms with Crippen LogP contribution in [0.1, 0.15) is 56.6 Å². The van der Waals surface area contributed by atoms with Crippen LogP contribution < -0.4 is 15.0 Å². The summed E-state index contributed by atoms with van der Waals surface area (Å²) in [5.41, 5.74) is 0.369. The summed E-state index contributed by atoms with van der Waals surface area (Å²) in [4.78, 5) is 42.8. The number of anilines is 2. The first-order chi connectivity index (χ1) is 18.0. The number of rotatable bonds is 5. The van der Waals surface area contributed by atoms with E-state index in [4.69, 9.17) is 9.47 Å². The number of aromatic nitrogens is 4. The average molecular weight is 526 g/mol. The number of nitrogens with zero attached hydrogens (tertiary/aromatic N) is 6. The van der Waals surface area contributed by atoms with E-state index in [1.165, 1.54) is 16.7 Å². The van der Waals surface area contributed by atoms with Gasteiger partial charge in [0.2, 0.25) is 11.8 Å². The van der Waals surface area contributed by atoms with E-state index < -0.39 is 17.3 Å². The predicted molar refractivity (Wildman–Crippen MR) is 138 cm³/mol. The third kappa shape index (κ3) is 5.07. The van der Waals surface area contributed by atoms with E-state index in [0.29, 0.717) is 37.9 Å². The number of hydrogen-bond acceptors (Lipinski definition) is 8. The van der Waals surface area contributed by atoms with E-state index >= 15 is 0 Å². The van der Waals surface area contributed by atoms with E-state index in [1.54, 1.807) is 26.2 Å². The largest absolute Gasteiger partial charge is 0.477 e. The molecule has 3 aromatic rings. The molecule has 1 spiro atoms. The van der Waals surface area contributed by atoms with Gasteiger partial charge < -0.3 is 24.1 Å². The Morgan fingerprint density at radius 2 is 1.95 bits per heavy atom. The summed E-state index contributed by atoms with van der Waals surface area (Å²) in [6.45, 7) is 11.0. The first kappa shape index (κ1) is 25.7. The number of carbonyl (C=O) groups excluding carboxylic acids is 2. The predicted octanol–water partition coefficient (Wildman–Crippen LogP) is 3.81. The second-order valence-electron chi connectivity index (χ2n) is 10.7. The minimum Gasteiger partial charge on any atom is -0.477 e. The summed E-state index contributed by atoms with van der Waals surface area (Å²) in [6.07, 6.45) is 6.12. The van der Waals surface area contributed by atoms with Crippen molar-refractivity contribution in [3.63, 3.8) is 0 Å². The maximum Gasteiger partial charge on any atom is 0.410 e. The molecule has 0 radical (unpaired) electrons. The van der Waals surface area contributed by atoms with Crippen molar-refractivity contribution in [2.24, 2.45) is 0 Å². The van der Waals surface area contributed by atoms with Crippen molar-refractivity contribution in [2.45, 2.75) is 58.6 Å². The first-order valence-electron chi connectivity index (χ1n) is 12.7. The molecule has 2 fully saturated rings. The lowest BCUT2D eigenvalue weighted by Gasteiger charge is -2.42. The lowest BCUT2D eigenvalue weighted by molar-refractivity contribution is 0.0105. The van der Waals surface area contributed by atoms with Crippen LogP contribution in [0.3, 0.4) is 0 Å². The number of piperazine rings is 1. The van der Waals surface area contributed by atoms with Crippen LogP contribution in [0.4, 0.5) is 20.8 Å². The molecule has 202 valence electrons. The van der Waals surface area contributed by atoms with Crippen molar-refractivity contribution in [1.82, 2.24) is 24.3 Å². The Kier molecular flexibility index (Phi) is 6.36. The van der Waals surface area contributed by atoms with Crippen molar-refractivity contribution in [2.75, 3.05) is 36.5 Å².